The van der Waals surface area contributed by atoms with Crippen LogP contribution >= 0.6 is 0 Å². The zero-order valence-corrected chi connectivity index (χ0v) is 7.12. The lowest BCUT2D eigenvalue weighted by Gasteiger charge is -2.08. The van der Waals surface area contributed by atoms with E-state index in [2.05, 4.69) is 0 Å². The Morgan fingerprint density at radius 1 is 1.08 bits per heavy atom. The number of alkyl halides is 4. The molecule has 0 fully saturated rings. The van der Waals surface area contributed by atoms with Gasteiger partial charge in [0.15, 0.2) is 0 Å². The molecule has 0 heterocycles. The minimum Gasteiger partial charge on any atom is -0.211 e. The van der Waals surface area contributed by atoms with Gasteiger partial charge in [-0.25, -0.2) is 17.6 Å². The van der Waals surface area contributed by atoms with Crippen LogP contribution in [0, 0.1) is 0 Å². The number of unbranched alkanes of at least 4 members (excludes halogenated alkanes) is 2. The lowest BCUT2D eigenvalue weighted by atomic mass is 10.1. The fourth-order valence-electron chi connectivity index (χ4n) is 0.911. The van der Waals surface area contributed by atoms with Gasteiger partial charge in [-0.2, -0.15) is 0 Å². The Kier molecular flexibility index (Phi) is 5.25. The van der Waals surface area contributed by atoms with Crippen molar-refractivity contribution >= 4 is 0 Å². The van der Waals surface area contributed by atoms with Gasteiger partial charge in [-0.1, -0.05) is 6.42 Å². The Bertz CT molecular complexity index is 106. The highest BCUT2D eigenvalue weighted by atomic mass is 19.3. The summed E-state index contributed by atoms with van der Waals surface area (Å²) < 4.78 is 47.4. The van der Waals surface area contributed by atoms with E-state index in [1.165, 1.54) is 0 Å². The SMILES string of the molecule is CC(F)(F)CCCCCC(F)F. The molecule has 0 nitrogen and oxygen atoms in total. The van der Waals surface area contributed by atoms with E-state index < -0.39 is 12.3 Å². The minimum absolute atomic E-state index is 0.171. The molecule has 0 N–H and O–H groups in total. The third-order valence-corrected chi connectivity index (χ3v) is 1.54. The summed E-state index contributed by atoms with van der Waals surface area (Å²) in [5.74, 6) is -2.65. The summed E-state index contributed by atoms with van der Waals surface area (Å²) in [5.41, 5.74) is 0. The van der Waals surface area contributed by atoms with Gasteiger partial charge in [0.1, 0.15) is 0 Å². The molecule has 0 saturated heterocycles. The molecular formula is C8H14F4. The monoisotopic (exact) mass is 186 g/mol. The molecular weight excluding hydrogens is 172 g/mol. The van der Waals surface area contributed by atoms with Crippen LogP contribution in [0.2, 0.25) is 0 Å². The van der Waals surface area contributed by atoms with Gasteiger partial charge in [-0.05, 0) is 19.8 Å². The molecule has 0 aromatic heterocycles. The van der Waals surface area contributed by atoms with E-state index in [9.17, 15) is 17.6 Å². The fourth-order valence-corrected chi connectivity index (χ4v) is 0.911. The molecule has 0 aliphatic heterocycles. The van der Waals surface area contributed by atoms with Crippen LogP contribution in [0.4, 0.5) is 17.6 Å². The Morgan fingerprint density at radius 3 is 2.08 bits per heavy atom. The fraction of sp³-hybridized carbons (Fsp3) is 1.00. The van der Waals surface area contributed by atoms with Crippen molar-refractivity contribution in [1.82, 2.24) is 0 Å². The lowest BCUT2D eigenvalue weighted by molar-refractivity contribution is 0.0101. The first kappa shape index (κ1) is 11.7. The quantitative estimate of drug-likeness (QED) is 0.436. The second-order valence-corrected chi connectivity index (χ2v) is 3.06. The summed E-state index contributed by atoms with van der Waals surface area (Å²) in [6.07, 6.45) is -1.53. The van der Waals surface area contributed by atoms with Crippen molar-refractivity contribution in [3.63, 3.8) is 0 Å². The van der Waals surface area contributed by atoms with Crippen LogP contribution in [0.5, 0.6) is 0 Å². The Morgan fingerprint density at radius 2 is 1.67 bits per heavy atom. The first-order valence-electron chi connectivity index (χ1n) is 4.08. The highest BCUT2D eigenvalue weighted by molar-refractivity contribution is 4.57. The zero-order valence-electron chi connectivity index (χ0n) is 7.12. The Balaban J connectivity index is 3.12. The number of hydrogen-bond donors (Lipinski definition) is 0. The third kappa shape index (κ3) is 9.72. The zero-order chi connectivity index (χ0) is 9.61. The van der Waals surface area contributed by atoms with Crippen molar-refractivity contribution in [2.45, 2.75) is 51.4 Å². The Hall–Kier alpha value is -0.280. The normalized spacial score (nSPS) is 12.5. The van der Waals surface area contributed by atoms with E-state index in [0.717, 1.165) is 6.92 Å². The van der Waals surface area contributed by atoms with Crippen molar-refractivity contribution in [1.29, 1.82) is 0 Å². The van der Waals surface area contributed by atoms with Crippen LogP contribution in [0.25, 0.3) is 0 Å². The molecule has 12 heavy (non-hydrogen) atoms. The molecule has 0 aromatic rings. The van der Waals surface area contributed by atoms with Gasteiger partial charge in [0.2, 0.25) is 12.3 Å². The summed E-state index contributed by atoms with van der Waals surface area (Å²) in [7, 11) is 0. The van der Waals surface area contributed by atoms with Gasteiger partial charge in [0, 0.05) is 12.8 Å². The van der Waals surface area contributed by atoms with E-state index in [4.69, 9.17) is 0 Å². The van der Waals surface area contributed by atoms with Crippen molar-refractivity contribution in [2.75, 3.05) is 0 Å². The van der Waals surface area contributed by atoms with Gasteiger partial charge in [0.05, 0.1) is 0 Å². The van der Waals surface area contributed by atoms with Crippen LogP contribution < -0.4 is 0 Å². The molecule has 0 bridgehead atoms. The maximum absolute atomic E-state index is 12.2. The second kappa shape index (κ2) is 5.38. The number of rotatable bonds is 6. The van der Waals surface area contributed by atoms with Gasteiger partial charge in [0.25, 0.3) is 0 Å². The maximum atomic E-state index is 12.2. The first-order chi connectivity index (χ1) is 5.42. The second-order valence-electron chi connectivity index (χ2n) is 3.06. The average Bonchev–Trinajstić information content (AvgIpc) is 1.83. The van der Waals surface area contributed by atoms with E-state index in [0.29, 0.717) is 19.3 Å². The van der Waals surface area contributed by atoms with Gasteiger partial charge in [-0.3, -0.25) is 0 Å². The molecule has 0 rings (SSSR count). The summed E-state index contributed by atoms with van der Waals surface area (Å²) in [6, 6.07) is 0. The molecule has 0 unspecified atom stereocenters. The number of hydrogen-bond acceptors (Lipinski definition) is 0. The highest BCUT2D eigenvalue weighted by Gasteiger charge is 2.19. The maximum Gasteiger partial charge on any atom is 0.245 e. The van der Waals surface area contributed by atoms with Crippen LogP contribution in [-0.2, 0) is 0 Å². The third-order valence-electron chi connectivity index (χ3n) is 1.54. The van der Waals surface area contributed by atoms with E-state index in [1.54, 1.807) is 0 Å². The highest BCUT2D eigenvalue weighted by Crippen LogP contribution is 2.20. The molecule has 0 aromatic carbocycles. The molecule has 0 saturated carbocycles. The molecule has 0 atom stereocenters. The summed E-state index contributed by atoms with van der Waals surface area (Å²) in [5, 5.41) is 0. The predicted octanol–water partition coefficient (Wildman–Crippen LogP) is 3.86. The van der Waals surface area contributed by atoms with Crippen LogP contribution in [0.1, 0.15) is 39.0 Å². The minimum atomic E-state index is -2.65. The standard InChI is InChI=1S/C8H14F4/c1-8(11,12)6-4-2-3-5-7(9)10/h7H,2-6H2,1H3. The van der Waals surface area contributed by atoms with E-state index in [1.807, 2.05) is 0 Å². The topological polar surface area (TPSA) is 0 Å². The molecule has 0 spiro atoms. The van der Waals surface area contributed by atoms with Crippen LogP contribution in [0.3, 0.4) is 0 Å². The van der Waals surface area contributed by atoms with Crippen LogP contribution in [0.15, 0.2) is 0 Å². The van der Waals surface area contributed by atoms with E-state index in [-0.39, 0.29) is 12.8 Å². The van der Waals surface area contributed by atoms with Crippen molar-refractivity contribution in [3.05, 3.63) is 0 Å². The Labute approximate surface area is 70.0 Å². The molecule has 74 valence electrons. The van der Waals surface area contributed by atoms with E-state index >= 15 is 0 Å². The first-order valence-corrected chi connectivity index (χ1v) is 4.08. The number of halogens is 4. The van der Waals surface area contributed by atoms with Crippen molar-refractivity contribution in [3.8, 4) is 0 Å². The summed E-state index contributed by atoms with van der Waals surface area (Å²) >= 11 is 0. The van der Waals surface area contributed by atoms with Gasteiger partial charge in [-0.15, -0.1) is 0 Å². The molecule has 4 heteroatoms. The smallest absolute Gasteiger partial charge is 0.211 e. The molecule has 0 aliphatic rings. The predicted molar refractivity (Wildman–Crippen MR) is 39.7 cm³/mol. The van der Waals surface area contributed by atoms with Crippen molar-refractivity contribution in [2.24, 2.45) is 0 Å². The summed E-state index contributed by atoms with van der Waals surface area (Å²) in [4.78, 5) is 0. The largest absolute Gasteiger partial charge is 0.245 e. The average molecular weight is 186 g/mol. The van der Waals surface area contributed by atoms with Crippen molar-refractivity contribution < 1.29 is 17.6 Å². The van der Waals surface area contributed by atoms with Gasteiger partial charge < -0.3 is 0 Å². The molecule has 0 amide bonds. The molecule has 0 radical (unpaired) electrons. The lowest BCUT2D eigenvalue weighted by Crippen LogP contribution is -2.08. The van der Waals surface area contributed by atoms with Crippen LogP contribution in [-0.4, -0.2) is 12.3 Å². The summed E-state index contributed by atoms with van der Waals surface area (Å²) in [6.45, 7) is 0.847. The molecule has 0 aliphatic carbocycles. The van der Waals surface area contributed by atoms with Gasteiger partial charge >= 0.3 is 0 Å².